The molecule has 0 heterocycles. The minimum absolute atomic E-state index is 0.000373. The average Bonchev–Trinajstić information content (AvgIpc) is 3.14. The van der Waals surface area contributed by atoms with Crippen LogP contribution in [0, 0.1) is 56.7 Å². The van der Waals surface area contributed by atoms with Crippen LogP contribution in [0.15, 0.2) is 12.2 Å². The molecule has 0 aromatic rings. The maximum absolute atomic E-state index is 12.8. The third kappa shape index (κ3) is 2.82. The second kappa shape index (κ2) is 7.34. The maximum Gasteiger partial charge on any atom is 0.309 e. The predicted molar refractivity (Wildman–Crippen MR) is 134 cm³/mol. The van der Waals surface area contributed by atoms with E-state index in [9.17, 15) is 20.1 Å². The van der Waals surface area contributed by atoms with E-state index in [4.69, 9.17) is 0 Å². The molecule has 0 aromatic carbocycles. The van der Waals surface area contributed by atoms with E-state index in [1.807, 2.05) is 0 Å². The van der Waals surface area contributed by atoms with Crippen LogP contribution in [0.2, 0.25) is 0 Å². The lowest BCUT2D eigenvalue weighted by atomic mass is 9.32. The number of carboxylic acid groups (broad SMARTS) is 1. The van der Waals surface area contributed by atoms with Crippen molar-refractivity contribution in [2.45, 2.75) is 112 Å². The van der Waals surface area contributed by atoms with E-state index in [0.29, 0.717) is 30.1 Å². The third-order valence-electron chi connectivity index (χ3n) is 13.4. The van der Waals surface area contributed by atoms with E-state index >= 15 is 0 Å². The van der Waals surface area contributed by atoms with Crippen LogP contribution in [0.3, 0.4) is 0 Å². The predicted octanol–water partition coefficient (Wildman–Crippen LogP) is 6.06. The lowest BCUT2D eigenvalue weighted by Gasteiger charge is -2.72. The molecule has 5 fully saturated rings. The zero-order chi connectivity index (χ0) is 25.1. The van der Waals surface area contributed by atoms with Crippen LogP contribution in [0.4, 0.5) is 0 Å². The minimum atomic E-state index is -0.665. The monoisotopic (exact) mass is 472 g/mol. The topological polar surface area (TPSA) is 77.8 Å². The fraction of sp³-hybridized carbons (Fsp3) is 0.900. The van der Waals surface area contributed by atoms with Gasteiger partial charge in [0.25, 0.3) is 0 Å². The molecule has 0 aromatic heterocycles. The molecule has 0 radical (unpaired) electrons. The van der Waals surface area contributed by atoms with Crippen LogP contribution in [0.1, 0.15) is 99.3 Å². The first-order chi connectivity index (χ1) is 15.6. The molecule has 5 aliphatic carbocycles. The van der Waals surface area contributed by atoms with Gasteiger partial charge in [0.15, 0.2) is 0 Å². The molecule has 0 amide bonds. The number of carboxylic acids is 1. The molecule has 0 bridgehead atoms. The number of aliphatic hydroxyl groups is 2. The Morgan fingerprint density at radius 3 is 2.15 bits per heavy atom. The summed E-state index contributed by atoms with van der Waals surface area (Å²) in [5, 5.41) is 32.4. The van der Waals surface area contributed by atoms with E-state index in [-0.39, 0.29) is 27.6 Å². The quantitative estimate of drug-likeness (QED) is 0.427. The van der Waals surface area contributed by atoms with Gasteiger partial charge in [0, 0.05) is 0 Å². The van der Waals surface area contributed by atoms with Crippen molar-refractivity contribution in [1.82, 2.24) is 0 Å². The van der Waals surface area contributed by atoms with Crippen molar-refractivity contribution >= 4 is 5.97 Å². The minimum Gasteiger partial charge on any atom is -0.481 e. The smallest absolute Gasteiger partial charge is 0.309 e. The van der Waals surface area contributed by atoms with Gasteiger partial charge in [-0.1, -0.05) is 46.8 Å². The molecule has 34 heavy (non-hydrogen) atoms. The fourth-order valence-corrected chi connectivity index (χ4v) is 11.5. The summed E-state index contributed by atoms with van der Waals surface area (Å²) in [4.78, 5) is 12.8. The van der Waals surface area contributed by atoms with Gasteiger partial charge in [-0.15, -0.1) is 0 Å². The van der Waals surface area contributed by atoms with Crippen LogP contribution in [-0.2, 0) is 4.79 Å². The zero-order valence-corrected chi connectivity index (χ0v) is 22.4. The molecule has 3 N–H and O–H groups in total. The van der Waals surface area contributed by atoms with E-state index in [2.05, 4.69) is 48.1 Å². The molecule has 5 rings (SSSR count). The molecule has 0 saturated heterocycles. The Morgan fingerprint density at radius 1 is 0.853 bits per heavy atom. The molecule has 4 heteroatoms. The summed E-state index contributed by atoms with van der Waals surface area (Å²) in [6.45, 7) is 18.1. The number of hydrogen-bond donors (Lipinski definition) is 3. The first kappa shape index (κ1) is 24.8. The van der Waals surface area contributed by atoms with Gasteiger partial charge < -0.3 is 15.3 Å². The highest BCUT2D eigenvalue weighted by atomic mass is 16.4. The summed E-state index contributed by atoms with van der Waals surface area (Å²) in [7, 11) is 0. The zero-order valence-electron chi connectivity index (χ0n) is 22.4. The van der Waals surface area contributed by atoms with Gasteiger partial charge in [-0.05, 0) is 116 Å². The van der Waals surface area contributed by atoms with Gasteiger partial charge in [-0.2, -0.15) is 0 Å². The first-order valence-electron chi connectivity index (χ1n) is 13.9. The number of carbonyl (C=O) groups is 1. The Hall–Kier alpha value is -0.870. The van der Waals surface area contributed by atoms with Crippen molar-refractivity contribution in [3.63, 3.8) is 0 Å². The molecule has 192 valence electrons. The van der Waals surface area contributed by atoms with Crippen molar-refractivity contribution in [3.8, 4) is 0 Å². The maximum atomic E-state index is 12.8. The van der Waals surface area contributed by atoms with Crippen LogP contribution in [-0.4, -0.2) is 33.5 Å². The van der Waals surface area contributed by atoms with Gasteiger partial charge >= 0.3 is 5.97 Å². The number of hydrogen-bond acceptors (Lipinski definition) is 3. The highest BCUT2D eigenvalue weighted by Gasteiger charge is 2.72. The Kier molecular flexibility index (Phi) is 5.36. The normalized spacial score (nSPS) is 55.9. The number of fused-ring (bicyclic) bond motifs is 7. The number of aliphatic hydroxyl groups excluding tert-OH is 2. The standard InChI is InChI=1S/C30H48O4/c1-17(2)18-14-20-19-8-9-23-27(5)16-21(31)24(32)26(3,4)22(27)10-11-29(23,7)28(19,6)12-13-30(20,15-18)25(33)34/h18-24,31-32H,1,8-16H2,2-7H3,(H,33,34). The van der Waals surface area contributed by atoms with Crippen molar-refractivity contribution in [1.29, 1.82) is 0 Å². The Balaban J connectivity index is 1.54. The van der Waals surface area contributed by atoms with E-state index in [0.717, 1.165) is 56.9 Å². The molecule has 5 aliphatic rings. The molecular weight excluding hydrogens is 424 g/mol. The number of allylic oxidation sites excluding steroid dienone is 1. The molecule has 0 aliphatic heterocycles. The van der Waals surface area contributed by atoms with Crippen LogP contribution in [0.5, 0.6) is 0 Å². The Bertz CT molecular complexity index is 894. The highest BCUT2D eigenvalue weighted by molar-refractivity contribution is 5.76. The Morgan fingerprint density at radius 2 is 1.53 bits per heavy atom. The van der Waals surface area contributed by atoms with E-state index in [1.54, 1.807) is 0 Å². The van der Waals surface area contributed by atoms with Gasteiger partial charge in [0.05, 0.1) is 17.6 Å². The lowest BCUT2D eigenvalue weighted by molar-refractivity contribution is -0.262. The molecule has 11 atom stereocenters. The SMILES string of the molecule is C=C(C)C1CC2C3CCC4C5(C)CC(O)C(O)C(C)(C)C5CCC4(C)C3(C)CCC2(C(=O)O)C1. The average molecular weight is 473 g/mol. The molecule has 4 nitrogen and oxygen atoms in total. The van der Waals surface area contributed by atoms with Crippen molar-refractivity contribution in [3.05, 3.63) is 12.2 Å². The second-order valence-corrected chi connectivity index (χ2v) is 14.8. The largest absolute Gasteiger partial charge is 0.481 e. The van der Waals surface area contributed by atoms with E-state index < -0.39 is 23.6 Å². The number of aliphatic carboxylic acids is 1. The summed E-state index contributed by atoms with van der Waals surface area (Å²) in [6, 6.07) is 0. The third-order valence-corrected chi connectivity index (χ3v) is 13.4. The van der Waals surface area contributed by atoms with Crippen LogP contribution in [0.25, 0.3) is 0 Å². The van der Waals surface area contributed by atoms with Crippen molar-refractivity contribution in [2.24, 2.45) is 56.7 Å². The van der Waals surface area contributed by atoms with Gasteiger partial charge in [-0.3, -0.25) is 4.79 Å². The van der Waals surface area contributed by atoms with Gasteiger partial charge in [-0.25, -0.2) is 0 Å². The molecule has 11 unspecified atom stereocenters. The molecule has 5 saturated carbocycles. The first-order valence-corrected chi connectivity index (χ1v) is 13.9. The van der Waals surface area contributed by atoms with Crippen LogP contribution >= 0.6 is 0 Å². The highest BCUT2D eigenvalue weighted by Crippen LogP contribution is 2.77. The summed E-state index contributed by atoms with van der Waals surface area (Å²) < 4.78 is 0. The van der Waals surface area contributed by atoms with Gasteiger partial charge in [0.2, 0.25) is 0 Å². The summed E-state index contributed by atoms with van der Waals surface area (Å²) in [6.07, 6.45) is 7.35. The summed E-state index contributed by atoms with van der Waals surface area (Å²) >= 11 is 0. The summed E-state index contributed by atoms with van der Waals surface area (Å²) in [5.74, 6) is 1.34. The van der Waals surface area contributed by atoms with Crippen LogP contribution < -0.4 is 0 Å². The van der Waals surface area contributed by atoms with Gasteiger partial charge in [0.1, 0.15) is 0 Å². The number of rotatable bonds is 2. The van der Waals surface area contributed by atoms with Crippen molar-refractivity contribution in [2.75, 3.05) is 0 Å². The molecular formula is C30H48O4. The van der Waals surface area contributed by atoms with E-state index in [1.165, 1.54) is 0 Å². The van der Waals surface area contributed by atoms with Crippen molar-refractivity contribution < 1.29 is 20.1 Å². The Labute approximate surface area is 206 Å². The summed E-state index contributed by atoms with van der Waals surface area (Å²) in [5.41, 5.74) is 0.525. The molecule has 0 spiro atoms. The lowest BCUT2D eigenvalue weighted by Crippen LogP contribution is -2.68. The second-order valence-electron chi connectivity index (χ2n) is 14.8. The fourth-order valence-electron chi connectivity index (χ4n) is 11.5.